The fourth-order valence-electron chi connectivity index (χ4n) is 3.78. The molecule has 0 aromatic heterocycles. The van der Waals surface area contributed by atoms with Gasteiger partial charge in [0.2, 0.25) is 12.5 Å². The second-order valence-electron chi connectivity index (χ2n) is 6.56. The summed E-state index contributed by atoms with van der Waals surface area (Å²) in [7, 11) is 0. The Hall–Kier alpha value is -1.46. The number of hydrogen-bond donors (Lipinski definition) is 1. The lowest BCUT2D eigenvalue weighted by Crippen LogP contribution is -2.50. The monoisotopic (exact) mass is 304 g/mol. The van der Waals surface area contributed by atoms with Crippen LogP contribution in [0.25, 0.3) is 0 Å². The van der Waals surface area contributed by atoms with Gasteiger partial charge < -0.3 is 24.8 Å². The first-order valence-electron chi connectivity index (χ1n) is 8.33. The molecule has 1 spiro atoms. The first-order valence-corrected chi connectivity index (χ1v) is 8.33. The van der Waals surface area contributed by atoms with Crippen molar-refractivity contribution in [2.24, 2.45) is 5.73 Å². The lowest BCUT2D eigenvalue weighted by atomic mass is 9.83. The normalized spacial score (nSPS) is 22.4. The third-order valence-electron chi connectivity index (χ3n) is 5.19. The lowest BCUT2D eigenvalue weighted by molar-refractivity contribution is -0.0164. The van der Waals surface area contributed by atoms with Crippen molar-refractivity contribution in [2.45, 2.75) is 37.7 Å². The van der Waals surface area contributed by atoms with Crippen LogP contribution in [0.1, 0.15) is 31.2 Å². The Morgan fingerprint density at radius 2 is 1.95 bits per heavy atom. The van der Waals surface area contributed by atoms with Crippen molar-refractivity contribution in [3.05, 3.63) is 17.7 Å². The molecule has 0 amide bonds. The molecule has 1 aromatic rings. The van der Waals surface area contributed by atoms with Gasteiger partial charge in [0, 0.05) is 13.1 Å². The van der Waals surface area contributed by atoms with Crippen LogP contribution >= 0.6 is 0 Å². The summed E-state index contributed by atoms with van der Waals surface area (Å²) >= 11 is 0. The van der Waals surface area contributed by atoms with Gasteiger partial charge in [0.15, 0.2) is 11.5 Å². The molecule has 1 fully saturated rings. The zero-order valence-electron chi connectivity index (χ0n) is 13.0. The van der Waals surface area contributed by atoms with Gasteiger partial charge in [-0.3, -0.25) is 0 Å². The van der Waals surface area contributed by atoms with Gasteiger partial charge in [0.25, 0.3) is 0 Å². The minimum atomic E-state index is -0.0205. The van der Waals surface area contributed by atoms with Crippen molar-refractivity contribution in [3.63, 3.8) is 0 Å². The number of likely N-dealkylation sites (tertiary alicyclic amines) is 1. The molecule has 2 N–H and O–H groups in total. The first kappa shape index (κ1) is 14.2. The van der Waals surface area contributed by atoms with Gasteiger partial charge >= 0.3 is 0 Å². The third-order valence-corrected chi connectivity index (χ3v) is 5.19. The minimum Gasteiger partial charge on any atom is -0.483 e. The number of ether oxygens (including phenoxy) is 3. The summed E-state index contributed by atoms with van der Waals surface area (Å²) in [6, 6.07) is 4.12. The van der Waals surface area contributed by atoms with Crippen LogP contribution in [-0.4, -0.2) is 43.5 Å². The topological polar surface area (TPSA) is 57.0 Å². The van der Waals surface area contributed by atoms with Crippen LogP contribution in [0.15, 0.2) is 12.1 Å². The van der Waals surface area contributed by atoms with E-state index in [9.17, 15) is 0 Å². The minimum absolute atomic E-state index is 0.0205. The molecule has 5 nitrogen and oxygen atoms in total. The van der Waals surface area contributed by atoms with E-state index >= 15 is 0 Å². The maximum Gasteiger partial charge on any atom is 0.231 e. The zero-order chi connectivity index (χ0) is 15.0. The van der Waals surface area contributed by atoms with E-state index in [1.807, 2.05) is 6.07 Å². The van der Waals surface area contributed by atoms with E-state index in [4.69, 9.17) is 19.9 Å². The van der Waals surface area contributed by atoms with Crippen LogP contribution < -0.4 is 19.9 Å². The Kier molecular flexibility index (Phi) is 3.62. The van der Waals surface area contributed by atoms with Crippen molar-refractivity contribution < 1.29 is 14.2 Å². The molecule has 120 valence electrons. The Balaban J connectivity index is 1.49. The lowest BCUT2D eigenvalue weighted by Gasteiger charge is -2.44. The van der Waals surface area contributed by atoms with Gasteiger partial charge in [-0.1, -0.05) is 6.07 Å². The number of benzene rings is 1. The molecule has 0 unspecified atom stereocenters. The Morgan fingerprint density at radius 1 is 1.09 bits per heavy atom. The highest BCUT2D eigenvalue weighted by molar-refractivity contribution is 5.58. The smallest absolute Gasteiger partial charge is 0.231 e. The molecule has 5 heteroatoms. The summed E-state index contributed by atoms with van der Waals surface area (Å²) in [6.45, 7) is 4.38. The number of fused-ring (bicyclic) bond motifs is 3. The molecule has 3 heterocycles. The van der Waals surface area contributed by atoms with Gasteiger partial charge in [-0.25, -0.2) is 0 Å². The summed E-state index contributed by atoms with van der Waals surface area (Å²) < 4.78 is 17.6. The second kappa shape index (κ2) is 5.63. The second-order valence-corrected chi connectivity index (χ2v) is 6.56. The predicted molar refractivity (Wildman–Crippen MR) is 83.6 cm³/mol. The molecule has 0 radical (unpaired) electrons. The largest absolute Gasteiger partial charge is 0.483 e. The summed E-state index contributed by atoms with van der Waals surface area (Å²) in [5.74, 6) is 2.55. The number of hydrogen-bond acceptors (Lipinski definition) is 5. The zero-order valence-corrected chi connectivity index (χ0v) is 13.0. The maximum absolute atomic E-state index is 6.50. The predicted octanol–water partition coefficient (Wildman–Crippen LogP) is 1.92. The summed E-state index contributed by atoms with van der Waals surface area (Å²) in [5, 5.41) is 0. The number of nitrogens with two attached hydrogens (primary N) is 1. The molecule has 4 rings (SSSR count). The highest BCUT2D eigenvalue weighted by Gasteiger charge is 2.41. The van der Waals surface area contributed by atoms with Crippen LogP contribution in [0.5, 0.6) is 17.2 Å². The molecular weight excluding hydrogens is 280 g/mol. The molecule has 3 aliphatic rings. The molecule has 3 aliphatic heterocycles. The summed E-state index contributed by atoms with van der Waals surface area (Å²) in [6.07, 6.45) is 5.41. The maximum atomic E-state index is 6.50. The summed E-state index contributed by atoms with van der Waals surface area (Å²) in [5.41, 5.74) is 6.84. The van der Waals surface area contributed by atoms with E-state index in [2.05, 4.69) is 11.0 Å². The van der Waals surface area contributed by atoms with Gasteiger partial charge in [0.05, 0.1) is 0 Å². The Bertz CT molecular complexity index is 553. The highest BCUT2D eigenvalue weighted by atomic mass is 16.7. The number of nitrogens with zero attached hydrogens (tertiary/aromatic N) is 1. The van der Waals surface area contributed by atoms with Crippen LogP contribution in [0.2, 0.25) is 0 Å². The Morgan fingerprint density at radius 3 is 2.77 bits per heavy atom. The molecule has 0 saturated carbocycles. The van der Waals surface area contributed by atoms with Gasteiger partial charge in [0.1, 0.15) is 5.60 Å². The fourth-order valence-corrected chi connectivity index (χ4v) is 3.78. The molecule has 1 saturated heterocycles. The van der Waals surface area contributed by atoms with E-state index in [1.165, 1.54) is 5.56 Å². The SMILES string of the molecule is NCCCN1CCC2(CCc3ccc4c(c3O2)OCO4)CC1. The Labute approximate surface area is 131 Å². The highest BCUT2D eigenvalue weighted by Crippen LogP contribution is 2.49. The third kappa shape index (κ3) is 2.42. The number of rotatable bonds is 3. The van der Waals surface area contributed by atoms with Crippen molar-refractivity contribution in [3.8, 4) is 17.2 Å². The fraction of sp³-hybridized carbons (Fsp3) is 0.647. The quantitative estimate of drug-likeness (QED) is 0.924. The van der Waals surface area contributed by atoms with Gasteiger partial charge in [-0.05, 0) is 56.8 Å². The molecule has 1 aromatic carbocycles. The molecular formula is C17H24N2O3. The van der Waals surface area contributed by atoms with Crippen LogP contribution in [0, 0.1) is 0 Å². The molecule has 0 atom stereocenters. The van der Waals surface area contributed by atoms with E-state index in [0.29, 0.717) is 6.79 Å². The van der Waals surface area contributed by atoms with Crippen molar-refractivity contribution in [2.75, 3.05) is 33.0 Å². The van der Waals surface area contributed by atoms with Crippen LogP contribution in [0.3, 0.4) is 0 Å². The van der Waals surface area contributed by atoms with Gasteiger partial charge in [-0.2, -0.15) is 0 Å². The van der Waals surface area contributed by atoms with Crippen molar-refractivity contribution >= 4 is 0 Å². The average Bonchev–Trinajstić information content (AvgIpc) is 3.04. The van der Waals surface area contributed by atoms with E-state index in [1.54, 1.807) is 0 Å². The van der Waals surface area contributed by atoms with E-state index in [0.717, 1.165) is 75.5 Å². The average molecular weight is 304 g/mol. The van der Waals surface area contributed by atoms with Crippen molar-refractivity contribution in [1.29, 1.82) is 0 Å². The van der Waals surface area contributed by atoms with Crippen LogP contribution in [-0.2, 0) is 6.42 Å². The molecule has 22 heavy (non-hydrogen) atoms. The van der Waals surface area contributed by atoms with E-state index in [-0.39, 0.29) is 5.60 Å². The van der Waals surface area contributed by atoms with E-state index < -0.39 is 0 Å². The van der Waals surface area contributed by atoms with Crippen molar-refractivity contribution in [1.82, 2.24) is 4.90 Å². The molecule has 0 aliphatic carbocycles. The number of aryl methyl sites for hydroxylation is 1. The first-order chi connectivity index (χ1) is 10.8. The number of piperidine rings is 1. The van der Waals surface area contributed by atoms with Gasteiger partial charge in [-0.15, -0.1) is 0 Å². The standard InChI is InChI=1S/C17H24N2O3/c18-8-1-9-19-10-6-17(7-11-19)5-4-13-2-3-14-16(15(13)22-17)21-12-20-14/h2-3H,1,4-12,18H2. The summed E-state index contributed by atoms with van der Waals surface area (Å²) in [4.78, 5) is 2.51. The molecule has 0 bridgehead atoms. The van der Waals surface area contributed by atoms with Crippen LogP contribution in [0.4, 0.5) is 0 Å².